The molecule has 0 radical (unpaired) electrons. The van der Waals surface area contributed by atoms with Gasteiger partial charge in [0.05, 0.1) is 0 Å². The zero-order valence-corrected chi connectivity index (χ0v) is 10.9. The highest BCUT2D eigenvalue weighted by Gasteiger charge is 2.12. The van der Waals surface area contributed by atoms with Crippen molar-refractivity contribution in [2.75, 3.05) is 0 Å². The van der Waals surface area contributed by atoms with Crippen molar-refractivity contribution in [3.63, 3.8) is 0 Å². The van der Waals surface area contributed by atoms with Crippen LogP contribution in [0.25, 0.3) is 5.57 Å². The lowest BCUT2D eigenvalue weighted by atomic mass is 10.1. The maximum absolute atomic E-state index is 5.88. The molecule has 0 fully saturated rings. The van der Waals surface area contributed by atoms with Crippen LogP contribution >= 0.6 is 0 Å². The second-order valence-electron chi connectivity index (χ2n) is 4.75. The van der Waals surface area contributed by atoms with Crippen LogP contribution in [-0.2, 0) is 6.42 Å². The molecule has 92 valence electrons. The Hall–Kier alpha value is -1.44. The van der Waals surface area contributed by atoms with Crippen LogP contribution in [0.2, 0.25) is 0 Å². The Labute approximate surface area is 103 Å². The fourth-order valence-corrected chi connectivity index (χ4v) is 2.16. The van der Waals surface area contributed by atoms with Gasteiger partial charge < -0.3 is 9.73 Å². The minimum Gasteiger partial charge on any atom is -0.461 e. The van der Waals surface area contributed by atoms with E-state index in [0.29, 0.717) is 6.04 Å². The van der Waals surface area contributed by atoms with Crippen LogP contribution in [0.1, 0.15) is 45.1 Å². The number of aryl methyl sites for hydroxylation is 1. The molecule has 0 saturated carbocycles. The molecule has 0 saturated heterocycles. The van der Waals surface area contributed by atoms with Gasteiger partial charge in [0.2, 0.25) is 0 Å². The quantitative estimate of drug-likeness (QED) is 0.850. The average Bonchev–Trinajstić information content (AvgIpc) is 2.73. The largest absolute Gasteiger partial charge is 0.461 e. The van der Waals surface area contributed by atoms with E-state index >= 15 is 0 Å². The van der Waals surface area contributed by atoms with E-state index in [1.165, 1.54) is 24.1 Å². The summed E-state index contributed by atoms with van der Waals surface area (Å²) in [6.45, 7) is 6.44. The summed E-state index contributed by atoms with van der Waals surface area (Å²) >= 11 is 0. The van der Waals surface area contributed by atoms with Gasteiger partial charge in [-0.05, 0) is 38.5 Å². The Morgan fingerprint density at radius 1 is 1.35 bits per heavy atom. The van der Waals surface area contributed by atoms with Crippen molar-refractivity contribution in [1.29, 1.82) is 0 Å². The van der Waals surface area contributed by atoms with Crippen molar-refractivity contribution in [3.8, 4) is 0 Å². The van der Waals surface area contributed by atoms with E-state index in [9.17, 15) is 0 Å². The molecule has 2 heterocycles. The zero-order chi connectivity index (χ0) is 12.3. The predicted octanol–water partition coefficient (Wildman–Crippen LogP) is 3.90. The van der Waals surface area contributed by atoms with Crippen LogP contribution in [0.3, 0.4) is 0 Å². The number of rotatable bonds is 4. The molecule has 0 spiro atoms. The Kier molecular flexibility index (Phi) is 3.72. The highest BCUT2D eigenvalue weighted by Crippen LogP contribution is 2.24. The Morgan fingerprint density at radius 2 is 2.18 bits per heavy atom. The number of allylic oxidation sites excluding steroid dienone is 3. The molecule has 1 atom stereocenters. The van der Waals surface area contributed by atoms with Gasteiger partial charge in [-0.1, -0.05) is 19.4 Å². The predicted molar refractivity (Wildman–Crippen MR) is 71.7 cm³/mol. The van der Waals surface area contributed by atoms with Crippen molar-refractivity contribution in [1.82, 2.24) is 5.32 Å². The first-order chi connectivity index (χ1) is 8.19. The molecular formula is C15H21NO. The van der Waals surface area contributed by atoms with Gasteiger partial charge in [-0.15, -0.1) is 0 Å². The molecule has 1 N–H and O–H groups in total. The van der Waals surface area contributed by atoms with Gasteiger partial charge in [0, 0.05) is 23.7 Å². The van der Waals surface area contributed by atoms with Crippen LogP contribution in [0.4, 0.5) is 0 Å². The molecule has 0 bridgehead atoms. The smallest absolute Gasteiger partial charge is 0.134 e. The lowest BCUT2D eigenvalue weighted by Crippen LogP contribution is -2.24. The highest BCUT2D eigenvalue weighted by molar-refractivity contribution is 5.73. The van der Waals surface area contributed by atoms with E-state index in [1.54, 1.807) is 0 Å². The van der Waals surface area contributed by atoms with E-state index in [-0.39, 0.29) is 0 Å². The Bertz CT molecular complexity index is 440. The lowest BCUT2D eigenvalue weighted by molar-refractivity contribution is 0.490. The summed E-state index contributed by atoms with van der Waals surface area (Å²) in [5, 5.41) is 3.36. The maximum atomic E-state index is 5.88. The monoisotopic (exact) mass is 231 g/mol. The molecule has 2 nitrogen and oxygen atoms in total. The number of hydrogen-bond donors (Lipinski definition) is 1. The van der Waals surface area contributed by atoms with Crippen LogP contribution in [0.5, 0.6) is 0 Å². The first-order valence-corrected chi connectivity index (χ1v) is 6.44. The van der Waals surface area contributed by atoms with Crippen LogP contribution in [0, 0.1) is 0 Å². The van der Waals surface area contributed by atoms with E-state index < -0.39 is 0 Å². The van der Waals surface area contributed by atoms with Gasteiger partial charge in [0.1, 0.15) is 11.5 Å². The molecule has 0 aliphatic carbocycles. The SMILES string of the molecule is CCCCc1ccc(C2=CC(C)NC(C)=C2)o1. The number of nitrogens with one attached hydrogen (secondary N) is 1. The summed E-state index contributed by atoms with van der Waals surface area (Å²) < 4.78 is 5.88. The van der Waals surface area contributed by atoms with Crippen molar-refractivity contribution in [2.45, 2.75) is 46.1 Å². The van der Waals surface area contributed by atoms with Crippen molar-refractivity contribution < 1.29 is 4.42 Å². The molecule has 0 amide bonds. The van der Waals surface area contributed by atoms with Crippen LogP contribution in [-0.4, -0.2) is 6.04 Å². The number of furan rings is 1. The summed E-state index contributed by atoms with van der Waals surface area (Å²) in [4.78, 5) is 0. The van der Waals surface area contributed by atoms with Crippen molar-refractivity contribution in [2.24, 2.45) is 0 Å². The van der Waals surface area contributed by atoms with Gasteiger partial charge in [-0.3, -0.25) is 0 Å². The fourth-order valence-electron chi connectivity index (χ4n) is 2.16. The summed E-state index contributed by atoms with van der Waals surface area (Å²) in [5.74, 6) is 2.09. The van der Waals surface area contributed by atoms with Gasteiger partial charge in [-0.25, -0.2) is 0 Å². The second kappa shape index (κ2) is 5.26. The molecule has 2 rings (SSSR count). The molecule has 1 aliphatic heterocycles. The van der Waals surface area contributed by atoms with Gasteiger partial charge >= 0.3 is 0 Å². The molecule has 17 heavy (non-hydrogen) atoms. The Morgan fingerprint density at radius 3 is 2.88 bits per heavy atom. The van der Waals surface area contributed by atoms with Crippen molar-refractivity contribution >= 4 is 5.57 Å². The van der Waals surface area contributed by atoms with Crippen molar-refractivity contribution in [3.05, 3.63) is 41.5 Å². The zero-order valence-electron chi connectivity index (χ0n) is 10.9. The summed E-state index contributed by atoms with van der Waals surface area (Å²) in [7, 11) is 0. The van der Waals surface area contributed by atoms with E-state index in [2.05, 4.69) is 50.4 Å². The molecule has 0 aromatic carbocycles. The summed E-state index contributed by atoms with van der Waals surface area (Å²) in [6.07, 6.45) is 7.79. The topological polar surface area (TPSA) is 25.2 Å². The summed E-state index contributed by atoms with van der Waals surface area (Å²) in [5.41, 5.74) is 2.39. The number of hydrogen-bond acceptors (Lipinski definition) is 2. The van der Waals surface area contributed by atoms with Gasteiger partial charge in [-0.2, -0.15) is 0 Å². The Balaban J connectivity index is 2.14. The fraction of sp³-hybridized carbons (Fsp3) is 0.467. The lowest BCUT2D eigenvalue weighted by Gasteiger charge is -2.18. The minimum absolute atomic E-state index is 0.374. The van der Waals surface area contributed by atoms with Crippen LogP contribution in [0.15, 0.2) is 34.4 Å². The second-order valence-corrected chi connectivity index (χ2v) is 4.75. The maximum Gasteiger partial charge on any atom is 0.134 e. The third-order valence-corrected chi connectivity index (χ3v) is 2.98. The molecule has 1 aromatic heterocycles. The summed E-state index contributed by atoms with van der Waals surface area (Å²) in [6, 6.07) is 4.56. The van der Waals surface area contributed by atoms with Gasteiger partial charge in [0.15, 0.2) is 0 Å². The van der Waals surface area contributed by atoms with E-state index in [1.807, 2.05) is 0 Å². The van der Waals surface area contributed by atoms with Gasteiger partial charge in [0.25, 0.3) is 0 Å². The molecule has 1 aliphatic rings. The number of unbranched alkanes of at least 4 members (excludes halogenated alkanes) is 1. The standard InChI is InChI=1S/C15H21NO/c1-4-5-6-14-7-8-15(17-14)13-9-11(2)16-12(3)10-13/h7-11,16H,4-6H2,1-3H3. The highest BCUT2D eigenvalue weighted by atomic mass is 16.3. The average molecular weight is 231 g/mol. The minimum atomic E-state index is 0.374. The third kappa shape index (κ3) is 3.02. The van der Waals surface area contributed by atoms with Crippen LogP contribution < -0.4 is 5.32 Å². The first-order valence-electron chi connectivity index (χ1n) is 6.44. The van der Waals surface area contributed by atoms with E-state index in [4.69, 9.17) is 4.42 Å². The third-order valence-electron chi connectivity index (χ3n) is 2.98. The molecular weight excluding hydrogens is 210 g/mol. The first kappa shape index (κ1) is 12.0. The molecule has 2 heteroatoms. The molecule has 1 unspecified atom stereocenters. The number of dihydropyridines is 1. The normalized spacial score (nSPS) is 19.6. The van der Waals surface area contributed by atoms with E-state index in [0.717, 1.165) is 17.9 Å². The molecule has 1 aromatic rings.